The van der Waals surface area contributed by atoms with E-state index in [2.05, 4.69) is 11.9 Å². The number of carbonyl (C=O) groups is 3. The van der Waals surface area contributed by atoms with Crippen molar-refractivity contribution in [3.05, 3.63) is 34.5 Å². The number of halogens is 3. The lowest BCUT2D eigenvalue weighted by Gasteiger charge is -2.15. The van der Waals surface area contributed by atoms with Crippen LogP contribution in [0, 0.1) is 10.7 Å². The maximum absolute atomic E-state index is 11.4. The Balaban J connectivity index is 3.75. The Kier molecular flexibility index (Phi) is 6.18. The van der Waals surface area contributed by atoms with Gasteiger partial charge in [0.15, 0.2) is 0 Å². The number of hydrogen-bond acceptors (Lipinski definition) is 3. The van der Waals surface area contributed by atoms with Crippen molar-refractivity contribution in [1.29, 1.82) is 0 Å². The number of aromatic carboxylic acids is 2. The zero-order valence-corrected chi connectivity index (χ0v) is 16.0. The minimum atomic E-state index is -1.26. The van der Waals surface area contributed by atoms with Gasteiger partial charge in [-0.3, -0.25) is 4.79 Å². The van der Waals surface area contributed by atoms with Crippen LogP contribution < -0.4 is 5.32 Å². The second kappa shape index (κ2) is 7.02. The van der Waals surface area contributed by atoms with E-state index in [-0.39, 0.29) is 27.5 Å². The van der Waals surface area contributed by atoms with Gasteiger partial charge < -0.3 is 15.5 Å². The minimum absolute atomic E-state index is 0.119. The van der Waals surface area contributed by atoms with E-state index >= 15 is 0 Å². The van der Waals surface area contributed by atoms with E-state index in [0.717, 1.165) is 6.08 Å². The summed E-state index contributed by atoms with van der Waals surface area (Å²) in [4.78, 5) is 34.0. The molecule has 9 heteroatoms. The quantitative estimate of drug-likeness (QED) is 0.359. The third kappa shape index (κ3) is 3.41. The number of carboxylic acids is 2. The summed E-state index contributed by atoms with van der Waals surface area (Å²) in [6.07, 6.45) is 1.02. The van der Waals surface area contributed by atoms with Crippen molar-refractivity contribution in [2.75, 3.05) is 5.32 Å². The lowest BCUT2D eigenvalue weighted by atomic mass is 10.1. The highest BCUT2D eigenvalue weighted by atomic mass is 127. The topological polar surface area (TPSA) is 104 Å². The summed E-state index contributed by atoms with van der Waals surface area (Å²) in [5.74, 6) is -3.06. The third-order valence-electron chi connectivity index (χ3n) is 2.18. The van der Waals surface area contributed by atoms with E-state index in [0.29, 0.717) is 0 Å². The van der Waals surface area contributed by atoms with Crippen molar-refractivity contribution < 1.29 is 24.6 Å². The highest BCUT2D eigenvalue weighted by Gasteiger charge is 2.27. The molecule has 0 saturated heterocycles. The summed E-state index contributed by atoms with van der Waals surface area (Å²) < 4.78 is 0.654. The number of rotatable bonds is 4. The van der Waals surface area contributed by atoms with Gasteiger partial charge >= 0.3 is 11.9 Å². The van der Waals surface area contributed by atoms with E-state index in [9.17, 15) is 24.6 Å². The average molecular weight is 613 g/mol. The van der Waals surface area contributed by atoms with Crippen LogP contribution >= 0.6 is 67.8 Å². The van der Waals surface area contributed by atoms with Crippen LogP contribution in [0.15, 0.2) is 12.7 Å². The highest BCUT2D eigenvalue weighted by Crippen LogP contribution is 2.35. The van der Waals surface area contributed by atoms with Crippen molar-refractivity contribution in [1.82, 2.24) is 0 Å². The van der Waals surface area contributed by atoms with Gasteiger partial charge in [0.2, 0.25) is 5.91 Å². The van der Waals surface area contributed by atoms with Crippen LogP contribution in [0.1, 0.15) is 20.7 Å². The molecular weight excluding hydrogens is 607 g/mol. The molecule has 1 rings (SSSR count). The van der Waals surface area contributed by atoms with Crippen molar-refractivity contribution in [2.45, 2.75) is 0 Å². The molecule has 0 unspecified atom stereocenters. The zero-order valence-electron chi connectivity index (χ0n) is 9.54. The Hall–Kier alpha value is -0.440. The van der Waals surface area contributed by atoms with E-state index in [1.54, 1.807) is 67.8 Å². The second-order valence-corrected chi connectivity index (χ2v) is 6.61. The molecule has 1 amide bonds. The Morgan fingerprint density at radius 3 is 1.65 bits per heavy atom. The number of amides is 1. The molecule has 0 fully saturated rings. The number of benzene rings is 1. The molecule has 0 aliphatic carbocycles. The van der Waals surface area contributed by atoms with Gasteiger partial charge in [0.05, 0.1) is 24.0 Å². The van der Waals surface area contributed by atoms with Crippen LogP contribution in [-0.4, -0.2) is 28.1 Å². The number of nitrogens with one attached hydrogen (secondary N) is 1. The maximum atomic E-state index is 11.4. The van der Waals surface area contributed by atoms with Crippen LogP contribution in [0.25, 0.3) is 0 Å². The standard InChI is InChI=1S/C11H6I3NO5/c1-2-3(16)15-9-7(13)4(10(17)18)6(12)5(8(9)14)11(19)20/h2H,1H2,(H,15,16)(H,17,18)(H,19,20). The summed E-state index contributed by atoms with van der Waals surface area (Å²) >= 11 is 5.21. The monoisotopic (exact) mass is 613 g/mol. The molecule has 0 aliphatic heterocycles. The van der Waals surface area contributed by atoms with Crippen LogP contribution in [0.2, 0.25) is 0 Å². The second-order valence-electron chi connectivity index (χ2n) is 3.37. The summed E-state index contributed by atoms with van der Waals surface area (Å²) in [6.45, 7) is 3.30. The van der Waals surface area contributed by atoms with Gasteiger partial charge in [0.1, 0.15) is 0 Å². The molecule has 0 radical (unpaired) electrons. The summed E-state index contributed by atoms with van der Waals surface area (Å²) in [7, 11) is 0. The van der Waals surface area contributed by atoms with Gasteiger partial charge in [-0.2, -0.15) is 0 Å². The van der Waals surface area contributed by atoms with Crippen LogP contribution in [0.3, 0.4) is 0 Å². The van der Waals surface area contributed by atoms with Gasteiger partial charge in [-0.25, -0.2) is 9.59 Å². The molecule has 106 valence electrons. The number of anilines is 1. The normalized spacial score (nSPS) is 9.95. The highest BCUT2D eigenvalue weighted by molar-refractivity contribution is 14.1. The average Bonchev–Trinajstić information content (AvgIpc) is 2.33. The Morgan fingerprint density at radius 2 is 1.35 bits per heavy atom. The van der Waals surface area contributed by atoms with Crippen LogP contribution in [0.4, 0.5) is 5.69 Å². The zero-order chi connectivity index (χ0) is 15.6. The van der Waals surface area contributed by atoms with Crippen molar-refractivity contribution >= 4 is 91.3 Å². The molecule has 0 bridgehead atoms. The fourth-order valence-electron chi connectivity index (χ4n) is 1.32. The lowest BCUT2D eigenvalue weighted by Crippen LogP contribution is -2.18. The van der Waals surface area contributed by atoms with Gasteiger partial charge in [-0.1, -0.05) is 6.58 Å². The van der Waals surface area contributed by atoms with Gasteiger partial charge in [0, 0.05) is 3.57 Å². The van der Waals surface area contributed by atoms with E-state index in [4.69, 9.17) is 0 Å². The first kappa shape index (κ1) is 17.6. The first-order chi connectivity index (χ1) is 9.22. The molecule has 0 heterocycles. The van der Waals surface area contributed by atoms with Crippen LogP contribution in [0.5, 0.6) is 0 Å². The van der Waals surface area contributed by atoms with E-state index in [1.807, 2.05) is 0 Å². The van der Waals surface area contributed by atoms with Gasteiger partial charge in [-0.15, -0.1) is 0 Å². The van der Waals surface area contributed by atoms with Crippen molar-refractivity contribution in [3.8, 4) is 0 Å². The predicted octanol–water partition coefficient (Wildman–Crippen LogP) is 3.02. The smallest absolute Gasteiger partial charge is 0.337 e. The number of carbonyl (C=O) groups excluding carboxylic acids is 1. The Labute approximate surface area is 154 Å². The molecule has 1 aromatic rings. The molecule has 1 aromatic carbocycles. The largest absolute Gasteiger partial charge is 0.478 e. The van der Waals surface area contributed by atoms with Crippen molar-refractivity contribution in [3.63, 3.8) is 0 Å². The fourth-order valence-corrected chi connectivity index (χ4v) is 5.68. The molecule has 0 saturated carbocycles. The maximum Gasteiger partial charge on any atom is 0.337 e. The minimum Gasteiger partial charge on any atom is -0.478 e. The third-order valence-corrected chi connectivity index (χ3v) is 5.41. The molecular formula is C11H6I3NO5. The van der Waals surface area contributed by atoms with Gasteiger partial charge in [0.25, 0.3) is 0 Å². The summed E-state index contributed by atoms with van der Waals surface area (Å²) in [5.41, 5.74) is -0.141. The Morgan fingerprint density at radius 1 is 0.950 bits per heavy atom. The molecule has 3 N–H and O–H groups in total. The first-order valence-electron chi connectivity index (χ1n) is 4.82. The van der Waals surface area contributed by atoms with Crippen molar-refractivity contribution in [2.24, 2.45) is 0 Å². The molecule has 20 heavy (non-hydrogen) atoms. The first-order valence-corrected chi connectivity index (χ1v) is 8.06. The van der Waals surface area contributed by atoms with Crippen LogP contribution in [-0.2, 0) is 4.79 Å². The molecule has 0 atom stereocenters. The summed E-state index contributed by atoms with van der Waals surface area (Å²) in [6, 6.07) is 0. The summed E-state index contributed by atoms with van der Waals surface area (Å²) in [5, 5.41) is 20.9. The molecule has 0 spiro atoms. The number of carboxylic acid groups (broad SMARTS) is 2. The SMILES string of the molecule is C=CC(=O)Nc1c(I)c(C(=O)O)c(I)c(C(=O)O)c1I. The molecule has 0 aliphatic rings. The van der Waals surface area contributed by atoms with E-state index < -0.39 is 17.8 Å². The number of hydrogen-bond donors (Lipinski definition) is 3. The van der Waals surface area contributed by atoms with Gasteiger partial charge in [-0.05, 0) is 73.8 Å². The lowest BCUT2D eigenvalue weighted by molar-refractivity contribution is -0.111. The Bertz CT molecular complexity index is 600. The predicted molar refractivity (Wildman–Crippen MR) is 97.3 cm³/mol. The molecule has 6 nitrogen and oxygen atoms in total. The molecule has 0 aromatic heterocycles. The van der Waals surface area contributed by atoms with E-state index in [1.165, 1.54) is 0 Å². The fraction of sp³-hybridized carbons (Fsp3) is 0.